The second kappa shape index (κ2) is 11.1. The normalized spacial score (nSPS) is 40.3. The molecular weight excluding hydrogens is 608 g/mol. The van der Waals surface area contributed by atoms with Gasteiger partial charge in [0.2, 0.25) is 0 Å². The first-order valence-electron chi connectivity index (χ1n) is 16.3. The number of anilines is 1. The van der Waals surface area contributed by atoms with E-state index in [0.717, 1.165) is 11.8 Å². The zero-order valence-corrected chi connectivity index (χ0v) is 26.9. The van der Waals surface area contributed by atoms with E-state index in [9.17, 15) is 19.8 Å². The number of hydrogen-bond acceptors (Lipinski definition) is 8. The van der Waals surface area contributed by atoms with Crippen LogP contribution in [0.25, 0.3) is 0 Å². The number of benzene rings is 2. The van der Waals surface area contributed by atoms with Gasteiger partial charge in [-0.05, 0) is 100 Å². The van der Waals surface area contributed by atoms with Gasteiger partial charge in [-0.3, -0.25) is 9.59 Å². The van der Waals surface area contributed by atoms with Gasteiger partial charge >= 0.3 is 0 Å². The monoisotopic (exact) mass is 649 g/mol. The first-order valence-corrected chi connectivity index (χ1v) is 16.3. The summed E-state index contributed by atoms with van der Waals surface area (Å²) in [5.74, 6) is -1.41. The van der Waals surface area contributed by atoms with Gasteiger partial charge in [0, 0.05) is 34.0 Å². The van der Waals surface area contributed by atoms with Crippen LogP contribution in [-0.4, -0.2) is 64.1 Å². The first-order chi connectivity index (χ1) is 22.3. The van der Waals surface area contributed by atoms with E-state index in [2.05, 4.69) is 19.2 Å². The van der Waals surface area contributed by atoms with Crippen molar-refractivity contribution in [3.63, 3.8) is 0 Å². The highest BCUT2D eigenvalue weighted by molar-refractivity contribution is 6.01. The molecule has 0 aromatic heterocycles. The van der Waals surface area contributed by atoms with Crippen LogP contribution in [-0.2, 0) is 19.1 Å². The van der Waals surface area contributed by atoms with Crippen LogP contribution < -0.4 is 10.1 Å². The molecule has 3 saturated carbocycles. The van der Waals surface area contributed by atoms with E-state index in [0.29, 0.717) is 23.1 Å². The summed E-state index contributed by atoms with van der Waals surface area (Å²) in [6.45, 7) is 6.59. The predicted molar refractivity (Wildman–Crippen MR) is 169 cm³/mol. The lowest BCUT2D eigenvalue weighted by Gasteiger charge is -2.63. The van der Waals surface area contributed by atoms with E-state index >= 15 is 8.78 Å². The van der Waals surface area contributed by atoms with Crippen molar-refractivity contribution in [2.45, 2.75) is 88.9 Å². The minimum atomic E-state index is -2.30. The smallest absolute Gasteiger partial charge is 0.193 e. The topological polar surface area (TPSA) is 114 Å². The number of carbonyl (C=O) groups excluding carboxylic acids is 2. The maximum atomic E-state index is 17.6. The highest BCUT2D eigenvalue weighted by atomic mass is 19.1. The molecule has 7 rings (SSSR count). The summed E-state index contributed by atoms with van der Waals surface area (Å²) in [4.78, 5) is 25.9. The minimum Gasteiger partial charge on any atom is -0.457 e. The number of ether oxygens (including phenoxy) is 3. The summed E-state index contributed by atoms with van der Waals surface area (Å²) >= 11 is 0. The molecule has 5 aliphatic rings. The van der Waals surface area contributed by atoms with Gasteiger partial charge in [-0.15, -0.1) is 0 Å². The quantitative estimate of drug-likeness (QED) is 0.338. The molecule has 8 nitrogen and oxygen atoms in total. The molecule has 3 N–H and O–H groups in total. The molecule has 0 bridgehead atoms. The van der Waals surface area contributed by atoms with Crippen molar-refractivity contribution in [2.75, 3.05) is 11.9 Å². The van der Waals surface area contributed by atoms with Gasteiger partial charge in [0.1, 0.15) is 24.3 Å². The Morgan fingerprint density at radius 2 is 1.72 bits per heavy atom. The van der Waals surface area contributed by atoms with Gasteiger partial charge in [0.15, 0.2) is 29.1 Å². The Balaban J connectivity index is 1.16. The van der Waals surface area contributed by atoms with Crippen molar-refractivity contribution in [3.05, 3.63) is 77.9 Å². The molecule has 47 heavy (non-hydrogen) atoms. The third kappa shape index (κ3) is 4.51. The fourth-order valence-electron chi connectivity index (χ4n) is 9.50. The second-order valence-corrected chi connectivity index (χ2v) is 14.5. The van der Waals surface area contributed by atoms with Crippen molar-refractivity contribution < 1.29 is 42.8 Å². The molecule has 1 aliphatic heterocycles. The zero-order chi connectivity index (χ0) is 33.5. The van der Waals surface area contributed by atoms with Gasteiger partial charge in [0.25, 0.3) is 0 Å². The molecule has 1 heterocycles. The number of rotatable bonds is 7. The van der Waals surface area contributed by atoms with Crippen LogP contribution >= 0.6 is 0 Å². The third-order valence-electron chi connectivity index (χ3n) is 11.6. The van der Waals surface area contributed by atoms with E-state index in [1.54, 1.807) is 31.2 Å². The highest BCUT2D eigenvalue weighted by Gasteiger charge is 2.80. The lowest BCUT2D eigenvalue weighted by atomic mass is 9.44. The number of ketones is 2. The molecule has 4 fully saturated rings. The summed E-state index contributed by atoms with van der Waals surface area (Å²) in [5, 5.41) is 25.2. The Bertz CT molecular complexity index is 1640. The largest absolute Gasteiger partial charge is 0.457 e. The van der Waals surface area contributed by atoms with Crippen LogP contribution in [0.3, 0.4) is 0 Å². The van der Waals surface area contributed by atoms with Gasteiger partial charge in [-0.1, -0.05) is 25.1 Å². The summed E-state index contributed by atoms with van der Waals surface area (Å²) in [6.07, 6.45) is -1.54. The number of hydrogen-bond donors (Lipinski definition) is 3. The maximum Gasteiger partial charge on any atom is 0.193 e. The zero-order valence-electron chi connectivity index (χ0n) is 26.9. The molecule has 1 saturated heterocycles. The van der Waals surface area contributed by atoms with Gasteiger partial charge in [-0.2, -0.15) is 0 Å². The van der Waals surface area contributed by atoms with Crippen LogP contribution in [0.5, 0.6) is 11.5 Å². The second-order valence-electron chi connectivity index (χ2n) is 14.5. The molecule has 10 heteroatoms. The number of allylic oxidation sites excluding steroid dienone is 4. The van der Waals surface area contributed by atoms with Gasteiger partial charge in [-0.25, -0.2) is 8.78 Å². The van der Waals surface area contributed by atoms with Gasteiger partial charge in [0.05, 0.1) is 12.2 Å². The van der Waals surface area contributed by atoms with Crippen LogP contribution in [0.2, 0.25) is 0 Å². The lowest BCUT2D eigenvalue weighted by molar-refractivity contribution is -0.235. The summed E-state index contributed by atoms with van der Waals surface area (Å²) < 4.78 is 52.4. The van der Waals surface area contributed by atoms with Crippen LogP contribution in [0, 0.1) is 22.7 Å². The molecule has 4 aliphatic carbocycles. The fourth-order valence-corrected chi connectivity index (χ4v) is 9.50. The molecule has 0 spiro atoms. The lowest BCUT2D eigenvalue weighted by Crippen LogP contribution is -2.70. The Morgan fingerprint density at radius 3 is 2.36 bits per heavy atom. The Morgan fingerprint density at radius 1 is 1.06 bits per heavy atom. The standard InChI is InChI=1S/C37H41F2NO7/c1-20(2)40-22-7-11-25(12-8-22)45-24-9-5-21(6-10-24)33-46-32-17-26-27-16-29(38)28-15-23(42)13-14-34(28,3)36(27,39)30(43)18-35(26,4)37(32,47-33)31(44)19-41/h5-15,20,26-27,29-30,32-33,40-41,43H,16-19H2,1-4H3/t26-,27-,29-,30-,32+,33+,34-,35-,36-,37+/m0/s1. The number of carbonyl (C=O) groups is 2. The predicted octanol–water partition coefficient (Wildman–Crippen LogP) is 5.94. The SMILES string of the molecule is CC(C)Nc1ccc(Oc2ccc([C@@H]3O[C@@H]4C[C@H]5[C@@H]6C[C@H](F)C7=CC(=O)C=C[C@]7(C)[C@@]6(F)[C@@H](O)C[C@]5(C)[C@]4(C(=O)CO)O3)cc2)cc1. The van der Waals surface area contributed by atoms with Crippen LogP contribution in [0.15, 0.2) is 72.3 Å². The van der Waals surface area contributed by atoms with Crippen molar-refractivity contribution in [3.8, 4) is 11.5 Å². The van der Waals surface area contributed by atoms with E-state index in [4.69, 9.17) is 14.2 Å². The highest BCUT2D eigenvalue weighted by Crippen LogP contribution is 2.72. The Hall–Kier alpha value is -3.44. The number of halogens is 2. The average molecular weight is 650 g/mol. The molecule has 10 atom stereocenters. The number of aliphatic hydroxyl groups excluding tert-OH is 2. The van der Waals surface area contributed by atoms with E-state index in [1.165, 1.54) is 19.1 Å². The molecule has 0 amide bonds. The summed E-state index contributed by atoms with van der Waals surface area (Å²) in [5.41, 5.74) is -5.09. The average Bonchev–Trinajstić information content (AvgIpc) is 3.53. The minimum absolute atomic E-state index is 0.0332. The van der Waals surface area contributed by atoms with Crippen LogP contribution in [0.1, 0.15) is 58.8 Å². The van der Waals surface area contributed by atoms with Crippen LogP contribution in [0.4, 0.5) is 14.5 Å². The van der Waals surface area contributed by atoms with Crippen molar-refractivity contribution in [1.82, 2.24) is 0 Å². The maximum absolute atomic E-state index is 17.6. The van der Waals surface area contributed by atoms with E-state index < -0.39 is 76.8 Å². The number of aliphatic hydroxyl groups is 2. The third-order valence-corrected chi connectivity index (χ3v) is 11.6. The first kappa shape index (κ1) is 32.1. The van der Waals surface area contributed by atoms with Crippen molar-refractivity contribution in [2.24, 2.45) is 22.7 Å². The number of alkyl halides is 2. The Kier molecular flexibility index (Phi) is 7.55. The fraction of sp³-hybridized carbons (Fsp3) is 0.514. The molecule has 0 unspecified atom stereocenters. The van der Waals surface area contributed by atoms with E-state index in [-0.39, 0.29) is 24.8 Å². The van der Waals surface area contributed by atoms with Crippen molar-refractivity contribution >= 4 is 17.3 Å². The number of nitrogens with one attached hydrogen (secondary N) is 1. The Labute approximate surface area is 272 Å². The van der Waals surface area contributed by atoms with E-state index in [1.807, 2.05) is 24.3 Å². The molecule has 2 aromatic rings. The van der Waals surface area contributed by atoms with Crippen molar-refractivity contribution in [1.29, 1.82) is 0 Å². The molecule has 0 radical (unpaired) electrons. The molecular formula is C37H41F2NO7. The molecule has 2 aromatic carbocycles. The summed E-state index contributed by atoms with van der Waals surface area (Å²) in [6, 6.07) is 15.0. The van der Waals surface area contributed by atoms with Gasteiger partial charge < -0.3 is 29.7 Å². The molecule has 250 valence electrons. The summed E-state index contributed by atoms with van der Waals surface area (Å²) in [7, 11) is 0. The number of Topliss-reactive ketones (excluding diaryl/α,β-unsaturated/α-hetero) is 1. The number of fused-ring (bicyclic) bond motifs is 7.